The van der Waals surface area contributed by atoms with Crippen molar-refractivity contribution in [3.05, 3.63) is 24.6 Å². The number of nitrogens with zero attached hydrogens (tertiary/aromatic N) is 1. The third-order valence-electron chi connectivity index (χ3n) is 2.67. The Kier molecular flexibility index (Phi) is 4.22. The second-order valence-electron chi connectivity index (χ2n) is 3.75. The minimum absolute atomic E-state index is 0.0769. The molecule has 1 rings (SSSR count). The topological polar surface area (TPSA) is 61.8 Å². The molecular formula is C11H18N2O3. The Balaban J connectivity index is 2.47. The van der Waals surface area contributed by atoms with Crippen LogP contribution in [0.2, 0.25) is 0 Å². The number of aliphatic hydroxyl groups excluding tert-OH is 1. The molecule has 0 aliphatic carbocycles. The predicted molar refractivity (Wildman–Crippen MR) is 61.0 cm³/mol. The summed E-state index contributed by atoms with van der Waals surface area (Å²) < 4.78 is 4.46. The number of carbonyl (C=O) groups is 1. The Morgan fingerprint density at radius 2 is 2.31 bits per heavy atom. The van der Waals surface area contributed by atoms with Gasteiger partial charge in [-0.05, 0) is 12.8 Å². The van der Waals surface area contributed by atoms with E-state index in [2.05, 4.69) is 23.2 Å². The lowest BCUT2D eigenvalue weighted by Gasteiger charge is -2.27. The Morgan fingerprint density at radius 3 is 2.88 bits per heavy atom. The summed E-state index contributed by atoms with van der Waals surface area (Å²) in [5.41, 5.74) is 0.753. The standard InChI is InChI=1S/C11H18N2O3/c1-8(7-12-11(15)16-3)13-6-4-5-10(13)9(2)14/h10,14H,1-2,4-7H2,3H3,(H,12,15)/t10-/m0/s1. The van der Waals surface area contributed by atoms with Gasteiger partial charge < -0.3 is 20.1 Å². The van der Waals surface area contributed by atoms with Crippen molar-refractivity contribution in [2.75, 3.05) is 20.2 Å². The van der Waals surface area contributed by atoms with Gasteiger partial charge in [0, 0.05) is 12.2 Å². The van der Waals surface area contributed by atoms with Gasteiger partial charge in [-0.1, -0.05) is 13.2 Å². The zero-order chi connectivity index (χ0) is 12.1. The number of ether oxygens (including phenoxy) is 1. The van der Waals surface area contributed by atoms with Crippen molar-refractivity contribution >= 4 is 6.09 Å². The highest BCUT2D eigenvalue weighted by Gasteiger charge is 2.27. The fraction of sp³-hybridized carbons (Fsp3) is 0.545. The minimum atomic E-state index is -0.486. The fourth-order valence-electron chi connectivity index (χ4n) is 1.84. The van der Waals surface area contributed by atoms with Gasteiger partial charge in [0.1, 0.15) is 5.76 Å². The molecule has 16 heavy (non-hydrogen) atoms. The molecular weight excluding hydrogens is 208 g/mol. The van der Waals surface area contributed by atoms with E-state index in [9.17, 15) is 9.90 Å². The average molecular weight is 226 g/mol. The van der Waals surface area contributed by atoms with E-state index in [-0.39, 0.29) is 11.8 Å². The SMILES string of the molecule is C=C(O)[C@@H]1CCCN1C(=C)CNC(=O)OC. The lowest BCUT2D eigenvalue weighted by molar-refractivity contribution is 0.170. The highest BCUT2D eigenvalue weighted by atomic mass is 16.5. The van der Waals surface area contributed by atoms with Crippen molar-refractivity contribution in [1.29, 1.82) is 0 Å². The molecule has 0 aromatic rings. The molecule has 1 aliphatic heterocycles. The minimum Gasteiger partial charge on any atom is -0.511 e. The number of alkyl carbamates (subject to hydrolysis) is 1. The maximum Gasteiger partial charge on any atom is 0.407 e. The molecule has 1 atom stereocenters. The quantitative estimate of drug-likeness (QED) is 0.711. The molecule has 0 aromatic heterocycles. The second kappa shape index (κ2) is 5.44. The summed E-state index contributed by atoms with van der Waals surface area (Å²) in [7, 11) is 1.31. The van der Waals surface area contributed by atoms with E-state index in [1.165, 1.54) is 7.11 Å². The zero-order valence-corrected chi connectivity index (χ0v) is 9.53. The molecule has 0 unspecified atom stereocenters. The summed E-state index contributed by atoms with van der Waals surface area (Å²) in [6.07, 6.45) is 1.37. The molecule has 1 aliphatic rings. The number of hydrogen-bond acceptors (Lipinski definition) is 4. The Morgan fingerprint density at radius 1 is 1.62 bits per heavy atom. The molecule has 1 saturated heterocycles. The summed E-state index contributed by atoms with van der Waals surface area (Å²) in [6, 6.07) is -0.0769. The highest BCUT2D eigenvalue weighted by molar-refractivity contribution is 5.67. The number of methoxy groups -OCH3 is 1. The highest BCUT2D eigenvalue weighted by Crippen LogP contribution is 2.24. The third kappa shape index (κ3) is 2.92. The summed E-state index contributed by atoms with van der Waals surface area (Å²) in [5.74, 6) is 0.150. The van der Waals surface area contributed by atoms with Crippen molar-refractivity contribution in [3.8, 4) is 0 Å². The summed E-state index contributed by atoms with van der Waals surface area (Å²) in [4.78, 5) is 12.8. The van der Waals surface area contributed by atoms with Crippen LogP contribution in [0.4, 0.5) is 4.79 Å². The van der Waals surface area contributed by atoms with Gasteiger partial charge >= 0.3 is 6.09 Å². The van der Waals surface area contributed by atoms with Crippen molar-refractivity contribution in [1.82, 2.24) is 10.2 Å². The number of nitrogens with one attached hydrogen (secondary N) is 1. The van der Waals surface area contributed by atoms with E-state index < -0.39 is 6.09 Å². The van der Waals surface area contributed by atoms with E-state index in [1.807, 2.05) is 4.90 Å². The van der Waals surface area contributed by atoms with Crippen LogP contribution in [0, 0.1) is 0 Å². The van der Waals surface area contributed by atoms with E-state index in [1.54, 1.807) is 0 Å². The predicted octanol–water partition coefficient (Wildman–Crippen LogP) is 1.39. The van der Waals surface area contributed by atoms with Gasteiger partial charge in [-0.2, -0.15) is 0 Å². The number of aliphatic hydroxyl groups is 1. The number of rotatable bonds is 4. The monoisotopic (exact) mass is 226 g/mol. The van der Waals surface area contributed by atoms with Crippen LogP contribution in [-0.2, 0) is 4.74 Å². The molecule has 5 nitrogen and oxygen atoms in total. The molecule has 0 saturated carbocycles. The fourth-order valence-corrected chi connectivity index (χ4v) is 1.84. The first kappa shape index (κ1) is 12.4. The number of hydrogen-bond donors (Lipinski definition) is 2. The summed E-state index contributed by atoms with van der Waals surface area (Å²) >= 11 is 0. The van der Waals surface area contributed by atoms with Gasteiger partial charge in [0.2, 0.25) is 0 Å². The van der Waals surface area contributed by atoms with Gasteiger partial charge in [0.25, 0.3) is 0 Å². The lowest BCUT2D eigenvalue weighted by Crippen LogP contribution is -2.36. The molecule has 1 heterocycles. The molecule has 0 spiro atoms. The Hall–Kier alpha value is -1.65. The van der Waals surface area contributed by atoms with Gasteiger partial charge in [-0.15, -0.1) is 0 Å². The molecule has 0 radical (unpaired) electrons. The number of amides is 1. The van der Waals surface area contributed by atoms with Crippen LogP contribution in [0.3, 0.4) is 0 Å². The van der Waals surface area contributed by atoms with Crippen molar-refractivity contribution in [2.24, 2.45) is 0 Å². The van der Waals surface area contributed by atoms with Gasteiger partial charge in [-0.3, -0.25) is 0 Å². The van der Waals surface area contributed by atoms with Crippen molar-refractivity contribution in [3.63, 3.8) is 0 Å². The van der Waals surface area contributed by atoms with Gasteiger partial charge in [0.05, 0.1) is 19.7 Å². The molecule has 2 N–H and O–H groups in total. The normalized spacial score (nSPS) is 19.3. The van der Waals surface area contributed by atoms with Crippen LogP contribution in [0.1, 0.15) is 12.8 Å². The first-order valence-electron chi connectivity index (χ1n) is 5.20. The van der Waals surface area contributed by atoms with Crippen molar-refractivity contribution < 1.29 is 14.6 Å². The number of carbonyl (C=O) groups excluding carboxylic acids is 1. The van der Waals surface area contributed by atoms with Crippen molar-refractivity contribution in [2.45, 2.75) is 18.9 Å². The zero-order valence-electron chi connectivity index (χ0n) is 9.53. The van der Waals surface area contributed by atoms with Gasteiger partial charge in [0.15, 0.2) is 0 Å². The molecule has 0 bridgehead atoms. The summed E-state index contributed by atoms with van der Waals surface area (Å²) in [6.45, 7) is 8.56. The average Bonchev–Trinajstić information content (AvgIpc) is 2.74. The maximum absolute atomic E-state index is 10.9. The second-order valence-corrected chi connectivity index (χ2v) is 3.75. The van der Waals surface area contributed by atoms with Crippen LogP contribution in [0.25, 0.3) is 0 Å². The largest absolute Gasteiger partial charge is 0.511 e. The molecule has 5 heteroatoms. The molecule has 1 fully saturated rings. The van der Waals surface area contributed by atoms with E-state index in [4.69, 9.17) is 0 Å². The first-order chi connectivity index (χ1) is 7.56. The van der Waals surface area contributed by atoms with Crippen LogP contribution < -0.4 is 5.32 Å². The molecule has 90 valence electrons. The van der Waals surface area contributed by atoms with Gasteiger partial charge in [-0.25, -0.2) is 4.79 Å². The molecule has 0 aromatic carbocycles. The third-order valence-corrected chi connectivity index (χ3v) is 2.67. The number of likely N-dealkylation sites (tertiary alicyclic amines) is 1. The van der Waals surface area contributed by atoms with E-state index in [0.717, 1.165) is 25.1 Å². The van der Waals surface area contributed by atoms with Crippen LogP contribution >= 0.6 is 0 Å². The van der Waals surface area contributed by atoms with Crippen LogP contribution in [-0.4, -0.2) is 42.3 Å². The summed E-state index contributed by atoms with van der Waals surface area (Å²) in [5, 5.41) is 12.0. The van der Waals surface area contributed by atoms with Crippen LogP contribution in [0.5, 0.6) is 0 Å². The smallest absolute Gasteiger partial charge is 0.407 e. The maximum atomic E-state index is 10.9. The lowest BCUT2D eigenvalue weighted by atomic mass is 10.2. The Labute approximate surface area is 95.4 Å². The Bertz CT molecular complexity index is 302. The van der Waals surface area contributed by atoms with E-state index in [0.29, 0.717) is 6.54 Å². The van der Waals surface area contributed by atoms with Crippen LogP contribution in [0.15, 0.2) is 24.6 Å². The first-order valence-corrected chi connectivity index (χ1v) is 5.20. The van der Waals surface area contributed by atoms with E-state index >= 15 is 0 Å². The molecule has 1 amide bonds.